The molecule has 0 aliphatic rings. The maximum Gasteiger partial charge on any atom is 0.130 e. The monoisotopic (exact) mass is 218 g/mol. The summed E-state index contributed by atoms with van der Waals surface area (Å²) in [5, 5.41) is 0. The predicted molar refractivity (Wildman–Crippen MR) is 65.8 cm³/mol. The second-order valence-corrected chi connectivity index (χ2v) is 3.73. The first-order valence-corrected chi connectivity index (χ1v) is 5.54. The summed E-state index contributed by atoms with van der Waals surface area (Å²) in [4.78, 5) is 10.8. The van der Waals surface area contributed by atoms with E-state index in [1.165, 1.54) is 5.56 Å². The van der Waals surface area contributed by atoms with Crippen molar-refractivity contribution >= 4 is 5.78 Å². The Morgan fingerprint density at radius 3 is 2.56 bits per heavy atom. The number of benzene rings is 1. The number of allylic oxidation sites excluding steroid dienone is 1. The molecule has 1 aromatic carbocycles. The first-order chi connectivity index (χ1) is 7.72. The molecule has 0 fully saturated rings. The summed E-state index contributed by atoms with van der Waals surface area (Å²) < 4.78 is 5.47. The van der Waals surface area contributed by atoms with Crippen LogP contribution in [-0.4, -0.2) is 12.4 Å². The zero-order valence-corrected chi connectivity index (χ0v) is 9.90. The van der Waals surface area contributed by atoms with Gasteiger partial charge in [0.25, 0.3) is 0 Å². The molecule has 0 radical (unpaired) electrons. The molecule has 16 heavy (non-hydrogen) atoms. The van der Waals surface area contributed by atoms with E-state index < -0.39 is 0 Å². The van der Waals surface area contributed by atoms with E-state index in [1.807, 2.05) is 43.3 Å². The number of Topliss-reactive ketones (excluding diaryl/α,β-unsaturated/α-hetero) is 1. The summed E-state index contributed by atoms with van der Waals surface area (Å²) in [6, 6.07) is 7.90. The van der Waals surface area contributed by atoms with Crippen molar-refractivity contribution in [2.24, 2.45) is 0 Å². The Kier molecular flexibility index (Phi) is 5.34. The largest absolute Gasteiger partial charge is 0.490 e. The van der Waals surface area contributed by atoms with Crippen LogP contribution in [0.1, 0.15) is 25.8 Å². The summed E-state index contributed by atoms with van der Waals surface area (Å²) in [5.41, 5.74) is 1.17. The van der Waals surface area contributed by atoms with Crippen molar-refractivity contribution in [2.75, 3.05) is 6.61 Å². The summed E-state index contributed by atoms with van der Waals surface area (Å²) in [6.45, 7) is 4.19. The fourth-order valence-electron chi connectivity index (χ4n) is 1.31. The third-order valence-electron chi connectivity index (χ3n) is 2.27. The quantitative estimate of drug-likeness (QED) is 0.685. The Morgan fingerprint density at radius 2 is 2.00 bits per heavy atom. The first kappa shape index (κ1) is 12.5. The van der Waals surface area contributed by atoms with E-state index in [9.17, 15) is 4.79 Å². The summed E-state index contributed by atoms with van der Waals surface area (Å²) in [6.07, 6.45) is 5.34. The van der Waals surface area contributed by atoms with Gasteiger partial charge in [0.05, 0.1) is 0 Å². The Labute approximate surface area is 96.9 Å². The van der Waals surface area contributed by atoms with E-state index in [2.05, 4.69) is 0 Å². The fourth-order valence-corrected chi connectivity index (χ4v) is 1.31. The molecule has 0 spiro atoms. The molecule has 0 saturated heterocycles. The van der Waals surface area contributed by atoms with Crippen molar-refractivity contribution in [1.82, 2.24) is 0 Å². The van der Waals surface area contributed by atoms with Crippen LogP contribution in [0.25, 0.3) is 0 Å². The first-order valence-electron chi connectivity index (χ1n) is 5.54. The molecule has 0 aromatic heterocycles. The third kappa shape index (κ3) is 4.78. The predicted octanol–water partition coefficient (Wildman–Crippen LogP) is 3.16. The molecule has 0 atom stereocenters. The van der Waals surface area contributed by atoms with Crippen LogP contribution < -0.4 is 4.74 Å². The minimum absolute atomic E-state index is 0.230. The summed E-state index contributed by atoms with van der Waals surface area (Å²) in [5.74, 6) is 1.10. The molecule has 0 unspecified atom stereocenters. The second kappa shape index (κ2) is 6.83. The molecule has 2 heteroatoms. The number of hydrogen-bond donors (Lipinski definition) is 0. The van der Waals surface area contributed by atoms with Crippen molar-refractivity contribution in [1.29, 1.82) is 0 Å². The zero-order valence-electron chi connectivity index (χ0n) is 9.90. The maximum absolute atomic E-state index is 10.8. The van der Waals surface area contributed by atoms with E-state index in [4.69, 9.17) is 4.74 Å². The summed E-state index contributed by atoms with van der Waals surface area (Å²) in [7, 11) is 0. The fraction of sp³-hybridized carbons (Fsp3) is 0.357. The zero-order chi connectivity index (χ0) is 11.8. The highest BCUT2D eigenvalue weighted by Gasteiger charge is 1.97. The van der Waals surface area contributed by atoms with Crippen LogP contribution in [0.4, 0.5) is 0 Å². The SMILES string of the molecule is CC=CCOc1ccc(CCC(C)=O)cc1. The second-order valence-electron chi connectivity index (χ2n) is 3.73. The molecule has 0 aliphatic heterocycles. The number of carbonyl (C=O) groups is 1. The van der Waals surface area contributed by atoms with Crippen LogP contribution in [0.15, 0.2) is 36.4 Å². The molecular weight excluding hydrogens is 200 g/mol. The van der Waals surface area contributed by atoms with Crippen molar-refractivity contribution < 1.29 is 9.53 Å². The number of aryl methyl sites for hydroxylation is 1. The van der Waals surface area contributed by atoms with Gasteiger partial charge in [0, 0.05) is 6.42 Å². The van der Waals surface area contributed by atoms with E-state index in [1.54, 1.807) is 6.92 Å². The lowest BCUT2D eigenvalue weighted by atomic mass is 10.1. The standard InChI is InChI=1S/C14H18O2/c1-3-4-11-16-14-9-7-13(8-10-14)6-5-12(2)15/h3-4,7-10H,5-6,11H2,1-2H3. The average molecular weight is 218 g/mol. The molecular formula is C14H18O2. The Balaban J connectivity index is 2.44. The molecule has 0 heterocycles. The van der Waals surface area contributed by atoms with E-state index in [0.29, 0.717) is 13.0 Å². The van der Waals surface area contributed by atoms with Gasteiger partial charge in [0.15, 0.2) is 0 Å². The smallest absolute Gasteiger partial charge is 0.130 e. The van der Waals surface area contributed by atoms with Gasteiger partial charge in [-0.25, -0.2) is 0 Å². The number of ketones is 1. The van der Waals surface area contributed by atoms with E-state index in [-0.39, 0.29) is 5.78 Å². The lowest BCUT2D eigenvalue weighted by molar-refractivity contribution is -0.116. The lowest BCUT2D eigenvalue weighted by Crippen LogP contribution is -1.95. The molecule has 0 saturated carbocycles. The van der Waals surface area contributed by atoms with Crippen LogP contribution in [0, 0.1) is 0 Å². The van der Waals surface area contributed by atoms with Crippen molar-refractivity contribution in [3.05, 3.63) is 42.0 Å². The van der Waals surface area contributed by atoms with Crippen LogP contribution in [0.2, 0.25) is 0 Å². The van der Waals surface area contributed by atoms with Crippen LogP contribution in [0.5, 0.6) is 5.75 Å². The van der Waals surface area contributed by atoms with Crippen molar-refractivity contribution in [3.8, 4) is 5.75 Å². The normalized spacial score (nSPS) is 10.6. The average Bonchev–Trinajstić information content (AvgIpc) is 2.28. The maximum atomic E-state index is 10.8. The number of rotatable bonds is 6. The van der Waals surface area contributed by atoms with Crippen LogP contribution in [-0.2, 0) is 11.2 Å². The molecule has 1 rings (SSSR count). The molecule has 0 N–H and O–H groups in total. The number of carbonyl (C=O) groups excluding carboxylic acids is 1. The Bertz CT molecular complexity index is 350. The van der Waals surface area contributed by atoms with E-state index in [0.717, 1.165) is 12.2 Å². The van der Waals surface area contributed by atoms with Gasteiger partial charge < -0.3 is 9.53 Å². The van der Waals surface area contributed by atoms with Crippen molar-refractivity contribution in [2.45, 2.75) is 26.7 Å². The van der Waals surface area contributed by atoms with Gasteiger partial charge in [-0.2, -0.15) is 0 Å². The van der Waals surface area contributed by atoms with Gasteiger partial charge >= 0.3 is 0 Å². The minimum atomic E-state index is 0.230. The highest BCUT2D eigenvalue weighted by Crippen LogP contribution is 2.13. The molecule has 1 aromatic rings. The van der Waals surface area contributed by atoms with Crippen LogP contribution >= 0.6 is 0 Å². The highest BCUT2D eigenvalue weighted by atomic mass is 16.5. The molecule has 0 aliphatic carbocycles. The highest BCUT2D eigenvalue weighted by molar-refractivity contribution is 5.75. The van der Waals surface area contributed by atoms with E-state index >= 15 is 0 Å². The van der Waals surface area contributed by atoms with Gasteiger partial charge in [-0.05, 0) is 38.0 Å². The Morgan fingerprint density at radius 1 is 1.31 bits per heavy atom. The van der Waals surface area contributed by atoms with Gasteiger partial charge in [0.1, 0.15) is 18.1 Å². The Hall–Kier alpha value is -1.57. The number of ether oxygens (including phenoxy) is 1. The molecule has 86 valence electrons. The third-order valence-corrected chi connectivity index (χ3v) is 2.27. The lowest BCUT2D eigenvalue weighted by Gasteiger charge is -2.04. The van der Waals surface area contributed by atoms with Crippen molar-refractivity contribution in [3.63, 3.8) is 0 Å². The van der Waals surface area contributed by atoms with Crippen LogP contribution in [0.3, 0.4) is 0 Å². The van der Waals surface area contributed by atoms with Gasteiger partial charge in [0.2, 0.25) is 0 Å². The molecule has 0 amide bonds. The van der Waals surface area contributed by atoms with Gasteiger partial charge in [-0.3, -0.25) is 0 Å². The topological polar surface area (TPSA) is 26.3 Å². The summed E-state index contributed by atoms with van der Waals surface area (Å²) >= 11 is 0. The minimum Gasteiger partial charge on any atom is -0.490 e. The molecule has 0 bridgehead atoms. The number of hydrogen-bond acceptors (Lipinski definition) is 2. The van der Waals surface area contributed by atoms with Gasteiger partial charge in [-0.1, -0.05) is 24.3 Å². The van der Waals surface area contributed by atoms with Gasteiger partial charge in [-0.15, -0.1) is 0 Å². The molecule has 2 nitrogen and oxygen atoms in total.